The highest BCUT2D eigenvalue weighted by Gasteiger charge is 2.22. The van der Waals surface area contributed by atoms with Gasteiger partial charge in [-0.05, 0) is 30.5 Å². The van der Waals surface area contributed by atoms with Gasteiger partial charge in [0.1, 0.15) is 10.8 Å². The van der Waals surface area contributed by atoms with Crippen molar-refractivity contribution in [1.82, 2.24) is 9.78 Å². The van der Waals surface area contributed by atoms with Crippen LogP contribution in [0.15, 0.2) is 30.5 Å². The van der Waals surface area contributed by atoms with E-state index >= 15 is 0 Å². The zero-order valence-electron chi connectivity index (χ0n) is 12.8. The third-order valence-corrected chi connectivity index (χ3v) is 4.44. The third kappa shape index (κ3) is 4.10. The van der Waals surface area contributed by atoms with Crippen LogP contribution in [0.4, 0.5) is 10.2 Å². The summed E-state index contributed by atoms with van der Waals surface area (Å²) in [5, 5.41) is 7.51. The van der Waals surface area contributed by atoms with Gasteiger partial charge in [0.2, 0.25) is 5.91 Å². The van der Waals surface area contributed by atoms with Gasteiger partial charge in [0.15, 0.2) is 5.82 Å². The minimum Gasteiger partial charge on any atom is -0.308 e. The van der Waals surface area contributed by atoms with Gasteiger partial charge in [-0.1, -0.05) is 43.0 Å². The summed E-state index contributed by atoms with van der Waals surface area (Å²) in [6.07, 6.45) is 6.89. The summed E-state index contributed by atoms with van der Waals surface area (Å²) < 4.78 is 14.8. The Morgan fingerprint density at radius 3 is 2.87 bits per heavy atom. The molecular weight excluding hydrogens is 317 g/mol. The van der Waals surface area contributed by atoms with Crippen molar-refractivity contribution >= 4 is 23.3 Å². The maximum atomic E-state index is 13.2. The lowest BCUT2D eigenvalue weighted by Gasteiger charge is -2.20. The number of benzene rings is 1. The van der Waals surface area contributed by atoms with E-state index in [1.807, 2.05) is 6.07 Å². The Bertz CT molecular complexity index is 695. The number of rotatable bonds is 4. The molecule has 0 spiro atoms. The quantitative estimate of drug-likeness (QED) is 0.908. The van der Waals surface area contributed by atoms with Crippen LogP contribution in [0.2, 0.25) is 5.02 Å². The predicted molar refractivity (Wildman–Crippen MR) is 87.9 cm³/mol. The molecule has 1 saturated carbocycles. The van der Waals surface area contributed by atoms with Gasteiger partial charge in [-0.3, -0.25) is 9.48 Å². The lowest BCUT2D eigenvalue weighted by molar-refractivity contribution is -0.120. The number of halogens is 2. The van der Waals surface area contributed by atoms with Crippen LogP contribution in [0.1, 0.15) is 37.7 Å². The van der Waals surface area contributed by atoms with E-state index in [2.05, 4.69) is 10.4 Å². The van der Waals surface area contributed by atoms with Crippen LogP contribution in [0, 0.1) is 11.7 Å². The third-order valence-electron chi connectivity index (χ3n) is 4.17. The molecule has 122 valence electrons. The van der Waals surface area contributed by atoms with Gasteiger partial charge < -0.3 is 5.32 Å². The largest absolute Gasteiger partial charge is 0.308 e. The lowest BCUT2D eigenvalue weighted by Crippen LogP contribution is -2.25. The molecule has 4 nitrogen and oxygen atoms in total. The number of hydrogen-bond acceptors (Lipinski definition) is 2. The highest BCUT2D eigenvalue weighted by atomic mass is 35.5. The van der Waals surface area contributed by atoms with E-state index < -0.39 is 0 Å². The summed E-state index contributed by atoms with van der Waals surface area (Å²) >= 11 is 6.15. The second-order valence-corrected chi connectivity index (χ2v) is 6.38. The summed E-state index contributed by atoms with van der Waals surface area (Å²) in [6, 6.07) is 6.33. The minimum absolute atomic E-state index is 0.0115. The maximum Gasteiger partial charge on any atom is 0.228 e. The van der Waals surface area contributed by atoms with E-state index in [0.717, 1.165) is 31.2 Å². The zero-order valence-corrected chi connectivity index (χ0v) is 13.5. The Balaban J connectivity index is 1.67. The number of carbonyl (C=O) groups excluding carboxylic acids is 1. The van der Waals surface area contributed by atoms with Gasteiger partial charge >= 0.3 is 0 Å². The van der Waals surface area contributed by atoms with Crippen LogP contribution < -0.4 is 5.32 Å². The molecule has 0 radical (unpaired) electrons. The van der Waals surface area contributed by atoms with Crippen LogP contribution in [0.5, 0.6) is 0 Å². The second-order valence-electron chi connectivity index (χ2n) is 5.98. The highest BCUT2D eigenvalue weighted by molar-refractivity contribution is 6.33. The molecule has 2 aromatic rings. The van der Waals surface area contributed by atoms with E-state index in [0.29, 0.717) is 17.4 Å². The monoisotopic (exact) mass is 335 g/mol. The molecule has 1 fully saturated rings. The second kappa shape index (κ2) is 7.13. The fourth-order valence-corrected chi connectivity index (χ4v) is 3.17. The van der Waals surface area contributed by atoms with Gasteiger partial charge in [0.05, 0.1) is 6.54 Å². The molecule has 1 aliphatic carbocycles. The number of nitrogens with one attached hydrogen (secondary N) is 1. The number of anilines is 1. The number of carbonyl (C=O) groups is 1. The molecule has 1 aromatic carbocycles. The van der Waals surface area contributed by atoms with Crippen molar-refractivity contribution < 1.29 is 9.18 Å². The topological polar surface area (TPSA) is 46.9 Å². The Kier molecular flexibility index (Phi) is 4.96. The van der Waals surface area contributed by atoms with Crippen molar-refractivity contribution in [3.05, 3.63) is 46.9 Å². The molecule has 0 saturated heterocycles. The van der Waals surface area contributed by atoms with Crippen LogP contribution in [0.3, 0.4) is 0 Å². The average molecular weight is 336 g/mol. The molecule has 23 heavy (non-hydrogen) atoms. The van der Waals surface area contributed by atoms with Gasteiger partial charge in [0, 0.05) is 12.1 Å². The molecule has 0 aliphatic heterocycles. The average Bonchev–Trinajstić information content (AvgIpc) is 2.87. The summed E-state index contributed by atoms with van der Waals surface area (Å²) in [5.41, 5.74) is 0.786. The first-order valence-electron chi connectivity index (χ1n) is 7.90. The molecule has 1 N–H and O–H groups in total. The SMILES string of the molecule is O=C(Nc1nn(Cc2cccc(F)c2)cc1Cl)C1CCCCC1. The van der Waals surface area contributed by atoms with Gasteiger partial charge in [-0.25, -0.2) is 4.39 Å². The molecule has 6 heteroatoms. The summed E-state index contributed by atoms with van der Waals surface area (Å²) in [4.78, 5) is 12.3. The standard InChI is InChI=1S/C17H19ClFN3O/c18-15-11-22(10-12-5-4-8-14(19)9-12)21-16(15)20-17(23)13-6-2-1-3-7-13/h4-5,8-9,11,13H,1-3,6-7,10H2,(H,20,21,23). The van der Waals surface area contributed by atoms with Crippen LogP contribution in [-0.2, 0) is 11.3 Å². The first kappa shape index (κ1) is 16.0. The summed E-state index contributed by atoms with van der Waals surface area (Å²) in [7, 11) is 0. The summed E-state index contributed by atoms with van der Waals surface area (Å²) in [6.45, 7) is 0.400. The van der Waals surface area contributed by atoms with Crippen LogP contribution >= 0.6 is 11.6 Å². The van der Waals surface area contributed by atoms with E-state index in [4.69, 9.17) is 11.6 Å². The Hall–Kier alpha value is -1.88. The molecule has 1 aromatic heterocycles. The number of aromatic nitrogens is 2. The summed E-state index contributed by atoms with van der Waals surface area (Å²) in [5.74, 6) is 0.126. The number of nitrogens with zero attached hydrogens (tertiary/aromatic N) is 2. The van der Waals surface area contributed by atoms with Crippen LogP contribution in [-0.4, -0.2) is 15.7 Å². The number of amides is 1. The molecular formula is C17H19ClFN3O. The molecule has 0 bridgehead atoms. The normalized spacial score (nSPS) is 15.6. The Morgan fingerprint density at radius 2 is 2.13 bits per heavy atom. The predicted octanol–water partition coefficient (Wildman–Crippen LogP) is 4.24. The first-order chi connectivity index (χ1) is 11.1. The highest BCUT2D eigenvalue weighted by Crippen LogP contribution is 2.26. The Morgan fingerprint density at radius 1 is 1.35 bits per heavy atom. The number of hydrogen-bond donors (Lipinski definition) is 1. The van der Waals surface area contributed by atoms with Crippen molar-refractivity contribution in [1.29, 1.82) is 0 Å². The maximum absolute atomic E-state index is 13.2. The van der Waals surface area contributed by atoms with Crippen molar-refractivity contribution in [3.63, 3.8) is 0 Å². The van der Waals surface area contributed by atoms with Gasteiger partial charge in [0.25, 0.3) is 0 Å². The molecule has 1 aliphatic rings. The Labute approximate surface area is 139 Å². The van der Waals surface area contributed by atoms with E-state index in [1.54, 1.807) is 16.9 Å². The minimum atomic E-state index is -0.286. The fraction of sp³-hybridized carbons (Fsp3) is 0.412. The molecule has 3 rings (SSSR count). The van der Waals surface area contributed by atoms with Gasteiger partial charge in [-0.15, -0.1) is 0 Å². The molecule has 1 amide bonds. The first-order valence-corrected chi connectivity index (χ1v) is 8.28. The van der Waals surface area contributed by atoms with Crippen LogP contribution in [0.25, 0.3) is 0 Å². The van der Waals surface area contributed by atoms with E-state index in [9.17, 15) is 9.18 Å². The van der Waals surface area contributed by atoms with Gasteiger partial charge in [-0.2, -0.15) is 5.10 Å². The van der Waals surface area contributed by atoms with Crippen molar-refractivity contribution in [2.75, 3.05) is 5.32 Å². The fourth-order valence-electron chi connectivity index (χ4n) is 2.97. The molecule has 0 unspecified atom stereocenters. The zero-order chi connectivity index (χ0) is 16.2. The van der Waals surface area contributed by atoms with Crippen molar-refractivity contribution in [3.8, 4) is 0 Å². The smallest absolute Gasteiger partial charge is 0.228 e. The van der Waals surface area contributed by atoms with E-state index in [-0.39, 0.29) is 17.6 Å². The molecule has 1 heterocycles. The molecule has 0 atom stereocenters. The van der Waals surface area contributed by atoms with E-state index in [1.165, 1.54) is 18.6 Å². The van der Waals surface area contributed by atoms with Crippen molar-refractivity contribution in [2.45, 2.75) is 38.6 Å². The lowest BCUT2D eigenvalue weighted by atomic mass is 9.89. The van der Waals surface area contributed by atoms with Crippen molar-refractivity contribution in [2.24, 2.45) is 5.92 Å².